The van der Waals surface area contributed by atoms with Crippen LogP contribution < -0.4 is 4.90 Å². The molecule has 0 unspecified atom stereocenters. The van der Waals surface area contributed by atoms with Gasteiger partial charge in [-0.1, -0.05) is 11.6 Å². The summed E-state index contributed by atoms with van der Waals surface area (Å²) in [5, 5.41) is 5.04. The monoisotopic (exact) mass is 387 g/mol. The maximum Gasteiger partial charge on any atom is 0.274 e. The van der Waals surface area contributed by atoms with E-state index in [0.717, 1.165) is 44.7 Å². The number of hydrogen-bond acceptors (Lipinski definition) is 4. The van der Waals surface area contributed by atoms with Crippen LogP contribution in [0.5, 0.6) is 0 Å². The molecule has 1 aliphatic carbocycles. The third kappa shape index (κ3) is 3.68. The summed E-state index contributed by atoms with van der Waals surface area (Å²) in [5.41, 5.74) is 0.543. The van der Waals surface area contributed by atoms with Crippen LogP contribution in [0, 0.1) is 11.8 Å². The fraction of sp³-hybridized carbons (Fsp3) is 0.550. The van der Waals surface area contributed by atoms with Crippen LogP contribution in [0.15, 0.2) is 30.6 Å². The van der Waals surface area contributed by atoms with Crippen molar-refractivity contribution < 1.29 is 4.79 Å². The second kappa shape index (κ2) is 7.50. The highest BCUT2D eigenvalue weighted by atomic mass is 35.5. The van der Waals surface area contributed by atoms with Crippen molar-refractivity contribution in [2.75, 3.05) is 25.0 Å². The number of halogens is 1. The smallest absolute Gasteiger partial charge is 0.274 e. The zero-order chi connectivity index (χ0) is 19.0. The third-order valence-electron chi connectivity index (χ3n) is 6.13. The number of hydrogen-bond donors (Lipinski definition) is 0. The lowest BCUT2D eigenvalue weighted by molar-refractivity contribution is 0.0724. The molecule has 0 radical (unpaired) electrons. The number of anilines is 1. The molecule has 1 amide bonds. The summed E-state index contributed by atoms with van der Waals surface area (Å²) in [4.78, 5) is 21.5. The largest absolute Gasteiger partial charge is 0.356 e. The van der Waals surface area contributed by atoms with E-state index in [1.807, 2.05) is 43.3 Å². The Morgan fingerprint density at radius 2 is 2.11 bits per heavy atom. The van der Waals surface area contributed by atoms with Crippen molar-refractivity contribution in [3.63, 3.8) is 0 Å². The molecule has 27 heavy (non-hydrogen) atoms. The summed E-state index contributed by atoms with van der Waals surface area (Å²) in [6, 6.07) is 6.00. The minimum absolute atomic E-state index is 0.0297. The van der Waals surface area contributed by atoms with Gasteiger partial charge in [0.15, 0.2) is 0 Å². The Morgan fingerprint density at radius 1 is 1.30 bits per heavy atom. The topological polar surface area (TPSA) is 54.3 Å². The molecule has 144 valence electrons. The molecule has 7 heteroatoms. The first kappa shape index (κ1) is 18.3. The second-order valence-corrected chi connectivity index (χ2v) is 8.12. The molecular formula is C20H26ClN5O. The number of carbonyl (C=O) groups excluding carboxylic acids is 1. The Balaban J connectivity index is 1.40. The lowest BCUT2D eigenvalue weighted by Gasteiger charge is -2.35. The van der Waals surface area contributed by atoms with Gasteiger partial charge >= 0.3 is 0 Å². The molecule has 2 aromatic rings. The van der Waals surface area contributed by atoms with E-state index in [1.165, 1.54) is 0 Å². The average molecular weight is 388 g/mol. The molecule has 1 aliphatic heterocycles. The van der Waals surface area contributed by atoms with E-state index < -0.39 is 0 Å². The van der Waals surface area contributed by atoms with Gasteiger partial charge in [0.05, 0.1) is 5.02 Å². The molecule has 2 aliphatic rings. The maximum atomic E-state index is 12.8. The fourth-order valence-corrected chi connectivity index (χ4v) is 4.64. The van der Waals surface area contributed by atoms with Gasteiger partial charge in [0.1, 0.15) is 11.5 Å². The van der Waals surface area contributed by atoms with Crippen molar-refractivity contribution in [3.05, 3.63) is 41.3 Å². The first-order valence-corrected chi connectivity index (χ1v) is 10.1. The van der Waals surface area contributed by atoms with Crippen LogP contribution in [0.1, 0.15) is 36.7 Å². The summed E-state index contributed by atoms with van der Waals surface area (Å²) in [6.45, 7) is 4.82. The number of amides is 1. The van der Waals surface area contributed by atoms with E-state index in [1.54, 1.807) is 10.9 Å². The number of piperidine rings is 1. The summed E-state index contributed by atoms with van der Waals surface area (Å²) in [6.07, 6.45) is 6.86. The van der Waals surface area contributed by atoms with Crippen LogP contribution >= 0.6 is 11.6 Å². The van der Waals surface area contributed by atoms with Gasteiger partial charge in [-0.2, -0.15) is 5.10 Å². The molecule has 0 bridgehead atoms. The molecule has 2 aromatic heterocycles. The Labute approximate surface area is 165 Å². The third-order valence-corrected chi connectivity index (χ3v) is 6.35. The van der Waals surface area contributed by atoms with Gasteiger partial charge in [0, 0.05) is 45.1 Å². The quantitative estimate of drug-likeness (QED) is 0.807. The molecule has 3 atom stereocenters. The van der Waals surface area contributed by atoms with Crippen molar-refractivity contribution >= 4 is 23.3 Å². The van der Waals surface area contributed by atoms with E-state index in [0.29, 0.717) is 22.6 Å². The van der Waals surface area contributed by atoms with Crippen molar-refractivity contribution in [2.45, 2.75) is 38.8 Å². The molecule has 6 nitrogen and oxygen atoms in total. The molecule has 0 spiro atoms. The highest BCUT2D eigenvalue weighted by Gasteiger charge is 2.41. The summed E-state index contributed by atoms with van der Waals surface area (Å²) < 4.78 is 1.80. The van der Waals surface area contributed by atoms with Crippen LogP contribution in [0.2, 0.25) is 5.02 Å². The SMILES string of the molecule is CCn1ccc(C(=O)N(C)[C@H]2C[C@H]3CCN(c4ccc(Cl)cn4)C[C@H]3C2)n1. The van der Waals surface area contributed by atoms with Crippen LogP contribution in [-0.2, 0) is 6.54 Å². The van der Waals surface area contributed by atoms with Gasteiger partial charge in [0.25, 0.3) is 5.91 Å². The number of fused-ring (bicyclic) bond motifs is 1. The number of aromatic nitrogens is 3. The highest BCUT2D eigenvalue weighted by molar-refractivity contribution is 6.30. The zero-order valence-corrected chi connectivity index (χ0v) is 16.6. The van der Waals surface area contributed by atoms with E-state index in [9.17, 15) is 4.79 Å². The Morgan fingerprint density at radius 3 is 2.81 bits per heavy atom. The Bertz CT molecular complexity index is 805. The van der Waals surface area contributed by atoms with Crippen molar-refractivity contribution in [2.24, 2.45) is 11.8 Å². The lowest BCUT2D eigenvalue weighted by Crippen LogP contribution is -2.39. The molecule has 4 rings (SSSR count). The van der Waals surface area contributed by atoms with Gasteiger partial charge in [-0.25, -0.2) is 4.98 Å². The Kier molecular flexibility index (Phi) is 5.08. The number of pyridine rings is 1. The van der Waals surface area contributed by atoms with Gasteiger partial charge in [0.2, 0.25) is 0 Å². The number of carbonyl (C=O) groups is 1. The zero-order valence-electron chi connectivity index (χ0n) is 15.9. The first-order chi connectivity index (χ1) is 13.0. The summed E-state index contributed by atoms with van der Waals surface area (Å²) in [7, 11) is 1.92. The molecule has 1 saturated carbocycles. The predicted molar refractivity (Wildman–Crippen MR) is 106 cm³/mol. The van der Waals surface area contributed by atoms with Gasteiger partial charge in [-0.3, -0.25) is 9.48 Å². The molecule has 0 N–H and O–H groups in total. The van der Waals surface area contributed by atoms with Gasteiger partial charge in [-0.05, 0) is 56.2 Å². The number of rotatable bonds is 4. The molecule has 2 fully saturated rings. The van der Waals surface area contributed by atoms with E-state index in [2.05, 4.69) is 15.0 Å². The number of nitrogens with zero attached hydrogens (tertiary/aromatic N) is 5. The van der Waals surface area contributed by atoms with Crippen molar-refractivity contribution in [1.29, 1.82) is 0 Å². The second-order valence-electron chi connectivity index (χ2n) is 7.69. The minimum atomic E-state index is 0.0297. The van der Waals surface area contributed by atoms with Crippen molar-refractivity contribution in [1.82, 2.24) is 19.7 Å². The normalized spacial score (nSPS) is 24.7. The summed E-state index contributed by atoms with van der Waals surface area (Å²) >= 11 is 5.96. The van der Waals surface area contributed by atoms with Gasteiger partial charge in [-0.15, -0.1) is 0 Å². The molecule has 1 saturated heterocycles. The van der Waals surface area contributed by atoms with Crippen LogP contribution in [0.4, 0.5) is 5.82 Å². The number of aryl methyl sites for hydroxylation is 1. The van der Waals surface area contributed by atoms with Crippen molar-refractivity contribution in [3.8, 4) is 0 Å². The summed E-state index contributed by atoms with van der Waals surface area (Å²) in [5.74, 6) is 2.31. The standard InChI is InChI=1S/C20H26ClN5O/c1-3-26-9-7-18(23-26)20(27)24(2)17-10-14-6-8-25(13-15(14)11-17)19-5-4-16(21)12-22-19/h4-5,7,9,12,14-15,17H,3,6,8,10-11,13H2,1-2H3/t14-,15-,17+/m1/s1. The molecular weight excluding hydrogens is 362 g/mol. The highest BCUT2D eigenvalue weighted by Crippen LogP contribution is 2.41. The lowest BCUT2D eigenvalue weighted by atomic mass is 9.89. The fourth-order valence-electron chi connectivity index (χ4n) is 4.53. The van der Waals surface area contributed by atoms with Gasteiger partial charge < -0.3 is 9.80 Å². The van der Waals surface area contributed by atoms with E-state index in [4.69, 9.17) is 11.6 Å². The Hall–Kier alpha value is -2.08. The average Bonchev–Trinajstić information content (AvgIpc) is 3.33. The van der Waals surface area contributed by atoms with E-state index in [-0.39, 0.29) is 11.9 Å². The van der Waals surface area contributed by atoms with E-state index >= 15 is 0 Å². The molecule has 0 aromatic carbocycles. The van der Waals surface area contributed by atoms with Crippen LogP contribution in [0.25, 0.3) is 0 Å². The maximum absolute atomic E-state index is 12.8. The molecule has 3 heterocycles. The van der Waals surface area contributed by atoms with Crippen LogP contribution in [0.3, 0.4) is 0 Å². The minimum Gasteiger partial charge on any atom is -0.356 e. The first-order valence-electron chi connectivity index (χ1n) is 9.72. The van der Waals surface area contributed by atoms with Crippen LogP contribution in [-0.4, -0.2) is 51.8 Å². The predicted octanol–water partition coefficient (Wildman–Crippen LogP) is 3.33.